The van der Waals surface area contributed by atoms with Crippen LogP contribution in [0.15, 0.2) is 31.0 Å². The third-order valence-electron chi connectivity index (χ3n) is 4.46. The van der Waals surface area contributed by atoms with Crippen molar-refractivity contribution < 1.29 is 4.79 Å². The predicted octanol–water partition coefficient (Wildman–Crippen LogP) is 1.72. The summed E-state index contributed by atoms with van der Waals surface area (Å²) in [7, 11) is 0. The minimum Gasteiger partial charge on any atom is -0.343 e. The molecule has 2 aromatic heterocycles. The Labute approximate surface area is 130 Å². The van der Waals surface area contributed by atoms with Crippen molar-refractivity contribution in [3.05, 3.63) is 36.7 Å². The van der Waals surface area contributed by atoms with Crippen molar-refractivity contribution in [3.8, 4) is 0 Å². The molecule has 1 amide bonds. The van der Waals surface area contributed by atoms with Gasteiger partial charge in [0, 0.05) is 56.9 Å². The molecule has 6 nitrogen and oxygen atoms in total. The molecule has 3 heterocycles. The SMILES string of the molecule is Cc1ccnn1CCC(=O)N1CCC(Cn2ccnc2)CC1. The summed E-state index contributed by atoms with van der Waals surface area (Å²) in [4.78, 5) is 18.4. The lowest BCUT2D eigenvalue weighted by Gasteiger charge is -2.32. The van der Waals surface area contributed by atoms with Gasteiger partial charge in [-0.05, 0) is 31.7 Å². The number of rotatable bonds is 5. The van der Waals surface area contributed by atoms with Gasteiger partial charge in [0.05, 0.1) is 6.33 Å². The van der Waals surface area contributed by atoms with E-state index in [1.165, 1.54) is 0 Å². The zero-order valence-corrected chi connectivity index (χ0v) is 13.1. The second-order valence-electron chi connectivity index (χ2n) is 6.03. The number of amides is 1. The Morgan fingerprint density at radius 3 is 2.77 bits per heavy atom. The summed E-state index contributed by atoms with van der Waals surface area (Å²) in [6.45, 7) is 5.44. The molecule has 0 bridgehead atoms. The van der Waals surface area contributed by atoms with E-state index in [-0.39, 0.29) is 5.91 Å². The van der Waals surface area contributed by atoms with Gasteiger partial charge in [0.15, 0.2) is 0 Å². The van der Waals surface area contributed by atoms with Gasteiger partial charge < -0.3 is 9.47 Å². The van der Waals surface area contributed by atoms with Crippen LogP contribution in [-0.2, 0) is 17.9 Å². The van der Waals surface area contributed by atoms with Crippen LogP contribution in [0.1, 0.15) is 25.0 Å². The van der Waals surface area contributed by atoms with Crippen molar-refractivity contribution >= 4 is 5.91 Å². The fourth-order valence-electron chi connectivity index (χ4n) is 3.05. The highest BCUT2D eigenvalue weighted by Crippen LogP contribution is 2.19. The zero-order valence-electron chi connectivity index (χ0n) is 13.1. The lowest BCUT2D eigenvalue weighted by atomic mass is 9.96. The summed E-state index contributed by atoms with van der Waals surface area (Å²) >= 11 is 0. The first-order valence-electron chi connectivity index (χ1n) is 7.94. The van der Waals surface area contributed by atoms with Crippen LogP contribution in [0.25, 0.3) is 0 Å². The molecular formula is C16H23N5O. The molecule has 3 rings (SSSR count). The molecule has 0 saturated carbocycles. The molecule has 0 atom stereocenters. The number of carbonyl (C=O) groups excluding carboxylic acids is 1. The number of likely N-dealkylation sites (tertiary alicyclic amines) is 1. The summed E-state index contributed by atoms with van der Waals surface area (Å²) in [5, 5.41) is 4.22. The van der Waals surface area contributed by atoms with E-state index in [9.17, 15) is 4.79 Å². The number of carbonyl (C=O) groups is 1. The molecule has 0 radical (unpaired) electrons. The summed E-state index contributed by atoms with van der Waals surface area (Å²) in [5.74, 6) is 0.891. The van der Waals surface area contributed by atoms with Crippen molar-refractivity contribution in [2.45, 2.75) is 39.3 Å². The number of imidazole rings is 1. The fraction of sp³-hybridized carbons (Fsp3) is 0.562. The molecule has 1 aliphatic heterocycles. The molecule has 0 aliphatic carbocycles. The molecule has 0 spiro atoms. The van der Waals surface area contributed by atoms with Crippen LogP contribution in [0.4, 0.5) is 0 Å². The number of piperidine rings is 1. The summed E-state index contributed by atoms with van der Waals surface area (Å²) in [5.41, 5.74) is 1.10. The Morgan fingerprint density at radius 1 is 1.32 bits per heavy atom. The van der Waals surface area contributed by atoms with Crippen molar-refractivity contribution in [2.24, 2.45) is 5.92 Å². The van der Waals surface area contributed by atoms with Gasteiger partial charge in [-0.2, -0.15) is 5.10 Å². The molecule has 0 aromatic carbocycles. The number of hydrogen-bond donors (Lipinski definition) is 0. The highest BCUT2D eigenvalue weighted by Gasteiger charge is 2.22. The molecule has 0 unspecified atom stereocenters. The molecule has 1 saturated heterocycles. The second kappa shape index (κ2) is 6.77. The van der Waals surface area contributed by atoms with Crippen molar-refractivity contribution in [2.75, 3.05) is 13.1 Å². The summed E-state index contributed by atoms with van der Waals surface area (Å²) in [6, 6.07) is 1.96. The summed E-state index contributed by atoms with van der Waals surface area (Å²) in [6.07, 6.45) is 10.1. The molecule has 2 aromatic rings. The second-order valence-corrected chi connectivity index (χ2v) is 6.03. The van der Waals surface area contributed by atoms with Crippen LogP contribution in [0.5, 0.6) is 0 Å². The fourth-order valence-corrected chi connectivity index (χ4v) is 3.05. The first-order chi connectivity index (χ1) is 10.7. The van der Waals surface area contributed by atoms with Crippen molar-refractivity contribution in [1.82, 2.24) is 24.2 Å². The quantitative estimate of drug-likeness (QED) is 0.845. The standard InChI is InChI=1S/C16H23N5O/c1-14-2-6-18-21(14)10-5-16(22)20-8-3-15(4-9-20)12-19-11-7-17-13-19/h2,6-7,11,13,15H,3-5,8-10,12H2,1H3. The topological polar surface area (TPSA) is 56.0 Å². The molecule has 1 aliphatic rings. The van der Waals surface area contributed by atoms with Crippen LogP contribution in [0, 0.1) is 12.8 Å². The van der Waals surface area contributed by atoms with Gasteiger partial charge >= 0.3 is 0 Å². The van der Waals surface area contributed by atoms with Crippen molar-refractivity contribution in [1.29, 1.82) is 0 Å². The van der Waals surface area contributed by atoms with E-state index in [1.807, 2.05) is 41.3 Å². The Hall–Kier alpha value is -2.11. The van der Waals surface area contributed by atoms with Gasteiger partial charge in [-0.25, -0.2) is 4.98 Å². The van der Waals surface area contributed by atoms with Crippen LogP contribution in [-0.4, -0.2) is 43.2 Å². The highest BCUT2D eigenvalue weighted by atomic mass is 16.2. The lowest BCUT2D eigenvalue weighted by molar-refractivity contribution is -0.132. The van der Waals surface area contributed by atoms with Crippen LogP contribution in [0.2, 0.25) is 0 Å². The van der Waals surface area contributed by atoms with E-state index in [0.717, 1.165) is 38.2 Å². The van der Waals surface area contributed by atoms with E-state index in [4.69, 9.17) is 0 Å². The Kier molecular flexibility index (Phi) is 4.56. The monoisotopic (exact) mass is 301 g/mol. The molecule has 0 N–H and O–H groups in total. The van der Waals surface area contributed by atoms with E-state index < -0.39 is 0 Å². The molecule has 22 heavy (non-hydrogen) atoms. The average Bonchev–Trinajstić information content (AvgIpc) is 3.17. The minimum atomic E-state index is 0.246. The van der Waals surface area contributed by atoms with E-state index in [0.29, 0.717) is 18.9 Å². The van der Waals surface area contributed by atoms with Gasteiger partial charge in [0.1, 0.15) is 0 Å². The first kappa shape index (κ1) is 14.8. The first-order valence-corrected chi connectivity index (χ1v) is 7.94. The third kappa shape index (κ3) is 3.55. The molecule has 1 fully saturated rings. The Bertz CT molecular complexity index is 596. The van der Waals surface area contributed by atoms with Crippen molar-refractivity contribution in [3.63, 3.8) is 0 Å². The van der Waals surface area contributed by atoms with Crippen LogP contribution < -0.4 is 0 Å². The highest BCUT2D eigenvalue weighted by molar-refractivity contribution is 5.76. The van der Waals surface area contributed by atoms with Gasteiger partial charge in [-0.1, -0.05) is 0 Å². The smallest absolute Gasteiger partial charge is 0.224 e. The zero-order chi connectivity index (χ0) is 15.4. The van der Waals surface area contributed by atoms with Crippen LogP contribution in [0.3, 0.4) is 0 Å². The van der Waals surface area contributed by atoms with E-state index >= 15 is 0 Å². The number of aromatic nitrogens is 4. The summed E-state index contributed by atoms with van der Waals surface area (Å²) < 4.78 is 4.02. The largest absolute Gasteiger partial charge is 0.343 e. The maximum absolute atomic E-state index is 12.3. The van der Waals surface area contributed by atoms with E-state index in [1.54, 1.807) is 6.20 Å². The minimum absolute atomic E-state index is 0.246. The number of nitrogens with zero attached hydrogens (tertiary/aromatic N) is 5. The molecule has 6 heteroatoms. The maximum Gasteiger partial charge on any atom is 0.224 e. The number of hydrogen-bond acceptors (Lipinski definition) is 3. The molecule has 118 valence electrons. The third-order valence-corrected chi connectivity index (χ3v) is 4.46. The lowest BCUT2D eigenvalue weighted by Crippen LogP contribution is -2.39. The normalized spacial score (nSPS) is 16.1. The Morgan fingerprint density at radius 2 is 2.14 bits per heavy atom. The van der Waals surface area contributed by atoms with Crippen LogP contribution >= 0.6 is 0 Å². The molecular weight excluding hydrogens is 278 g/mol. The number of aryl methyl sites for hydroxylation is 2. The maximum atomic E-state index is 12.3. The Balaban J connectivity index is 1.42. The van der Waals surface area contributed by atoms with Gasteiger partial charge in [0.2, 0.25) is 5.91 Å². The van der Waals surface area contributed by atoms with Gasteiger partial charge in [-0.3, -0.25) is 9.48 Å². The average molecular weight is 301 g/mol. The van der Waals surface area contributed by atoms with Gasteiger partial charge in [0.25, 0.3) is 0 Å². The van der Waals surface area contributed by atoms with E-state index in [2.05, 4.69) is 14.6 Å². The van der Waals surface area contributed by atoms with Gasteiger partial charge in [-0.15, -0.1) is 0 Å². The predicted molar refractivity (Wildman–Crippen MR) is 83.1 cm³/mol.